The zero-order chi connectivity index (χ0) is 18.3. The average Bonchev–Trinajstić information content (AvgIpc) is 3.23. The summed E-state index contributed by atoms with van der Waals surface area (Å²) >= 11 is 0. The van der Waals surface area contributed by atoms with E-state index in [1.165, 1.54) is 6.33 Å². The minimum Gasteiger partial charge on any atom is -0.385 e. The quantitative estimate of drug-likeness (QED) is 0.884. The van der Waals surface area contributed by atoms with Gasteiger partial charge in [0.1, 0.15) is 12.2 Å². The number of amides is 1. The number of piperidine rings is 1. The summed E-state index contributed by atoms with van der Waals surface area (Å²) in [6, 6.07) is 10.0. The Morgan fingerprint density at radius 3 is 2.42 bits per heavy atom. The van der Waals surface area contributed by atoms with Crippen molar-refractivity contribution in [3.8, 4) is 0 Å². The maximum Gasteiger partial charge on any atom is 0.234 e. The number of aromatic nitrogens is 3. The van der Waals surface area contributed by atoms with E-state index in [-0.39, 0.29) is 29.8 Å². The molecule has 3 atom stereocenters. The zero-order valence-electron chi connectivity index (χ0n) is 15.3. The molecule has 2 aliphatic rings. The predicted octanol–water partition coefficient (Wildman–Crippen LogP) is 2.59. The van der Waals surface area contributed by atoms with E-state index >= 15 is 0 Å². The molecule has 2 aliphatic heterocycles. The van der Waals surface area contributed by atoms with Crippen molar-refractivity contribution in [2.45, 2.75) is 63.1 Å². The highest BCUT2D eigenvalue weighted by Crippen LogP contribution is 2.47. The molecule has 0 saturated carbocycles. The van der Waals surface area contributed by atoms with Crippen LogP contribution in [-0.4, -0.2) is 43.2 Å². The van der Waals surface area contributed by atoms with Crippen LogP contribution in [-0.2, 0) is 10.4 Å². The highest BCUT2D eigenvalue weighted by atomic mass is 16.3. The van der Waals surface area contributed by atoms with E-state index in [4.69, 9.17) is 0 Å². The van der Waals surface area contributed by atoms with Crippen molar-refractivity contribution in [1.82, 2.24) is 20.1 Å². The Hall–Kier alpha value is -2.21. The number of carbonyl (C=O) groups excluding carboxylic acids is 1. The summed E-state index contributed by atoms with van der Waals surface area (Å²) in [5, 5.41) is 18.1. The van der Waals surface area contributed by atoms with Crippen LogP contribution >= 0.6 is 0 Å². The molecule has 3 unspecified atom stereocenters. The van der Waals surface area contributed by atoms with Crippen molar-refractivity contribution >= 4 is 5.91 Å². The van der Waals surface area contributed by atoms with Crippen LogP contribution in [0.25, 0.3) is 0 Å². The van der Waals surface area contributed by atoms with Gasteiger partial charge >= 0.3 is 0 Å². The minimum atomic E-state index is -0.844. The number of nitrogens with zero attached hydrogens (tertiary/aromatic N) is 3. The van der Waals surface area contributed by atoms with Crippen molar-refractivity contribution in [3.05, 3.63) is 48.0 Å². The van der Waals surface area contributed by atoms with Gasteiger partial charge in [-0.2, -0.15) is 5.10 Å². The third-order valence-electron chi connectivity index (χ3n) is 5.99. The largest absolute Gasteiger partial charge is 0.385 e. The van der Waals surface area contributed by atoms with Crippen LogP contribution in [0.4, 0.5) is 0 Å². The fraction of sp³-hybridized carbons (Fsp3) is 0.550. The molecule has 0 spiro atoms. The average molecular weight is 354 g/mol. The Labute approximate surface area is 153 Å². The number of hydrogen-bond donors (Lipinski definition) is 2. The first-order chi connectivity index (χ1) is 12.5. The number of aromatic amines is 1. The van der Waals surface area contributed by atoms with Gasteiger partial charge in [0.25, 0.3) is 0 Å². The molecule has 2 aromatic rings. The normalized spacial score (nSPS) is 29.2. The third kappa shape index (κ3) is 2.82. The second kappa shape index (κ2) is 6.50. The van der Waals surface area contributed by atoms with E-state index in [1.54, 1.807) is 0 Å². The fourth-order valence-electron chi connectivity index (χ4n) is 4.81. The van der Waals surface area contributed by atoms with Crippen molar-refractivity contribution < 1.29 is 9.90 Å². The molecule has 3 heterocycles. The Kier molecular flexibility index (Phi) is 4.31. The van der Waals surface area contributed by atoms with Crippen LogP contribution in [0.2, 0.25) is 0 Å². The molecule has 2 bridgehead atoms. The first kappa shape index (κ1) is 17.2. The first-order valence-corrected chi connectivity index (χ1v) is 9.45. The topological polar surface area (TPSA) is 82.1 Å². The number of aliphatic hydroxyl groups is 1. The second-order valence-corrected chi connectivity index (χ2v) is 8.03. The van der Waals surface area contributed by atoms with Crippen LogP contribution in [0, 0.1) is 5.92 Å². The van der Waals surface area contributed by atoms with Crippen molar-refractivity contribution in [1.29, 1.82) is 0 Å². The van der Waals surface area contributed by atoms with Gasteiger partial charge in [-0.25, -0.2) is 4.98 Å². The number of nitrogens with one attached hydrogen (secondary N) is 1. The van der Waals surface area contributed by atoms with E-state index in [1.807, 2.05) is 49.1 Å². The van der Waals surface area contributed by atoms with Gasteiger partial charge in [-0.1, -0.05) is 44.2 Å². The maximum atomic E-state index is 13.4. The van der Waals surface area contributed by atoms with E-state index in [0.717, 1.165) is 18.4 Å². The second-order valence-electron chi connectivity index (χ2n) is 8.03. The number of rotatable bonds is 4. The van der Waals surface area contributed by atoms with Crippen molar-refractivity contribution in [2.24, 2.45) is 5.92 Å². The number of carbonyl (C=O) groups is 1. The maximum absolute atomic E-state index is 13.4. The molecule has 0 radical (unpaired) electrons. The smallest absolute Gasteiger partial charge is 0.234 e. The lowest BCUT2D eigenvalue weighted by molar-refractivity contribution is -0.144. The molecule has 0 aliphatic carbocycles. The summed E-state index contributed by atoms with van der Waals surface area (Å²) in [6.45, 7) is 4.08. The summed E-state index contributed by atoms with van der Waals surface area (Å²) in [7, 11) is 0. The van der Waals surface area contributed by atoms with Gasteiger partial charge in [-0.3, -0.25) is 9.89 Å². The fourth-order valence-corrected chi connectivity index (χ4v) is 4.81. The molecule has 138 valence electrons. The molecule has 26 heavy (non-hydrogen) atoms. The monoisotopic (exact) mass is 354 g/mol. The molecular formula is C20H26N4O2. The van der Waals surface area contributed by atoms with Crippen LogP contribution in [0.15, 0.2) is 36.7 Å². The molecule has 1 aromatic carbocycles. The first-order valence-electron chi connectivity index (χ1n) is 9.45. The molecule has 4 rings (SSSR count). The lowest BCUT2D eigenvalue weighted by atomic mass is 9.79. The van der Waals surface area contributed by atoms with Crippen LogP contribution in [0.1, 0.15) is 56.8 Å². The molecule has 6 heteroatoms. The number of H-pyrrole nitrogens is 1. The minimum absolute atomic E-state index is 0.0793. The molecule has 1 aromatic heterocycles. The standard InChI is InChI=1S/C20H26N4O2/c1-13(2)17(18-21-12-22-23-18)19(25)24-15-8-9-16(24)11-20(26,10-15)14-6-4-3-5-7-14/h3-7,12-13,15-17,26H,8-11H2,1-2H3,(H,21,22,23). The van der Waals surface area contributed by atoms with E-state index in [0.29, 0.717) is 18.7 Å². The molecule has 2 N–H and O–H groups in total. The van der Waals surface area contributed by atoms with Crippen LogP contribution in [0.3, 0.4) is 0 Å². The third-order valence-corrected chi connectivity index (χ3v) is 5.99. The zero-order valence-corrected chi connectivity index (χ0v) is 15.3. The molecule has 2 fully saturated rings. The van der Waals surface area contributed by atoms with Crippen molar-refractivity contribution in [3.63, 3.8) is 0 Å². The molecule has 1 amide bonds. The summed E-state index contributed by atoms with van der Waals surface area (Å²) in [6.07, 6.45) is 4.55. The lowest BCUT2D eigenvalue weighted by Crippen LogP contribution is -2.53. The van der Waals surface area contributed by atoms with Gasteiger partial charge in [0.2, 0.25) is 5.91 Å². The van der Waals surface area contributed by atoms with Gasteiger partial charge < -0.3 is 10.0 Å². The summed E-state index contributed by atoms with van der Waals surface area (Å²) in [5.74, 6) is 0.556. The van der Waals surface area contributed by atoms with Gasteiger partial charge in [-0.15, -0.1) is 0 Å². The van der Waals surface area contributed by atoms with Gasteiger partial charge in [0.05, 0.1) is 11.5 Å². The lowest BCUT2D eigenvalue weighted by Gasteiger charge is -2.45. The van der Waals surface area contributed by atoms with Gasteiger partial charge in [0, 0.05) is 24.9 Å². The molecule has 6 nitrogen and oxygen atoms in total. The Balaban J connectivity index is 1.59. The molecular weight excluding hydrogens is 328 g/mol. The number of benzene rings is 1. The van der Waals surface area contributed by atoms with E-state index in [2.05, 4.69) is 15.2 Å². The van der Waals surface area contributed by atoms with E-state index < -0.39 is 5.60 Å². The highest BCUT2D eigenvalue weighted by Gasteiger charge is 2.51. The highest BCUT2D eigenvalue weighted by molar-refractivity contribution is 5.84. The van der Waals surface area contributed by atoms with Crippen LogP contribution in [0.5, 0.6) is 0 Å². The van der Waals surface area contributed by atoms with E-state index in [9.17, 15) is 9.90 Å². The molecule has 2 saturated heterocycles. The summed E-state index contributed by atoms with van der Waals surface area (Å²) in [5.41, 5.74) is 0.114. The Bertz CT molecular complexity index is 745. The van der Waals surface area contributed by atoms with Gasteiger partial charge in [-0.05, 0) is 24.3 Å². The predicted molar refractivity (Wildman–Crippen MR) is 97.2 cm³/mol. The Morgan fingerprint density at radius 1 is 1.23 bits per heavy atom. The van der Waals surface area contributed by atoms with Gasteiger partial charge in [0.15, 0.2) is 0 Å². The SMILES string of the molecule is CC(C)C(C(=O)N1C2CCC1CC(O)(c1ccccc1)C2)c1ncn[nH]1. The number of hydrogen-bond acceptors (Lipinski definition) is 4. The van der Waals surface area contributed by atoms with Crippen molar-refractivity contribution in [2.75, 3.05) is 0 Å². The van der Waals surface area contributed by atoms with Crippen LogP contribution < -0.4 is 0 Å². The number of fused-ring (bicyclic) bond motifs is 2. The summed E-state index contributed by atoms with van der Waals surface area (Å²) in [4.78, 5) is 19.7. The Morgan fingerprint density at radius 2 is 1.88 bits per heavy atom. The summed E-state index contributed by atoms with van der Waals surface area (Å²) < 4.78 is 0.